The summed E-state index contributed by atoms with van der Waals surface area (Å²) in [5.41, 5.74) is 0. The summed E-state index contributed by atoms with van der Waals surface area (Å²) in [5, 5.41) is 0. The van der Waals surface area contributed by atoms with Crippen molar-refractivity contribution in [2.24, 2.45) is 0 Å². The van der Waals surface area contributed by atoms with Crippen molar-refractivity contribution in [2.75, 3.05) is 12.3 Å². The third-order valence-corrected chi connectivity index (χ3v) is 4.19. The highest BCUT2D eigenvalue weighted by Crippen LogP contribution is 2.47. The maximum absolute atomic E-state index is 9.57. The minimum absolute atomic E-state index is 0.250. The van der Waals surface area contributed by atoms with Crippen LogP contribution in [0, 0.1) is 0 Å². The van der Waals surface area contributed by atoms with E-state index in [-0.39, 0.29) is 6.04 Å². The molecule has 1 heterocycles. The molecule has 1 saturated heterocycles. The van der Waals surface area contributed by atoms with Gasteiger partial charge in [-0.05, 0) is 26.7 Å². The van der Waals surface area contributed by atoms with Crippen molar-refractivity contribution in [3.05, 3.63) is 0 Å². The molecule has 0 saturated carbocycles. The molecule has 1 aliphatic rings. The Morgan fingerprint density at radius 2 is 1.91 bits per heavy atom. The number of rotatable bonds is 1. The second kappa shape index (κ2) is 3.31. The van der Waals surface area contributed by atoms with Crippen LogP contribution in [0.5, 0.6) is 0 Å². The highest BCUT2D eigenvalue weighted by molar-refractivity contribution is 8.22. The van der Waals surface area contributed by atoms with E-state index in [0.29, 0.717) is 5.75 Å². The Bertz CT molecular complexity index is 138. The van der Waals surface area contributed by atoms with E-state index in [1.54, 1.807) is 0 Å². The Morgan fingerprint density at radius 3 is 2.27 bits per heavy atom. The average Bonchev–Trinajstić information content (AvgIpc) is 1.85. The molecule has 0 aliphatic carbocycles. The van der Waals surface area contributed by atoms with Gasteiger partial charge in [0.2, 0.25) is 0 Å². The molecule has 0 unspecified atom stereocenters. The molecule has 2 N–H and O–H groups in total. The zero-order valence-electron chi connectivity index (χ0n) is 7.16. The van der Waals surface area contributed by atoms with Gasteiger partial charge in [-0.15, -0.1) is 10.8 Å². The van der Waals surface area contributed by atoms with Crippen LogP contribution in [0.25, 0.3) is 0 Å². The van der Waals surface area contributed by atoms with E-state index in [1.165, 1.54) is 0 Å². The third kappa shape index (κ3) is 2.08. The quantitative estimate of drug-likeness (QED) is 0.648. The molecule has 68 valence electrons. The number of hydrogen-bond acceptors (Lipinski definition) is 3. The molecule has 0 aromatic carbocycles. The minimum Gasteiger partial charge on any atom is -0.285 e. The van der Waals surface area contributed by atoms with E-state index in [4.69, 9.17) is 0 Å². The lowest BCUT2D eigenvalue weighted by atomic mass is 10.3. The highest BCUT2D eigenvalue weighted by atomic mass is 32.3. The topological polar surface area (TPSA) is 43.7 Å². The Morgan fingerprint density at radius 1 is 1.27 bits per heavy atom. The summed E-state index contributed by atoms with van der Waals surface area (Å²) in [6.45, 7) is 4.83. The first-order valence-corrected chi connectivity index (χ1v) is 5.74. The molecule has 1 aliphatic heterocycles. The molecule has 0 spiro atoms. The minimum atomic E-state index is -2.39. The molecule has 0 amide bonds. The van der Waals surface area contributed by atoms with Crippen molar-refractivity contribution in [1.82, 2.24) is 4.31 Å². The molecule has 4 heteroatoms. The van der Waals surface area contributed by atoms with Crippen molar-refractivity contribution >= 4 is 10.8 Å². The second-order valence-corrected chi connectivity index (χ2v) is 5.42. The van der Waals surface area contributed by atoms with Gasteiger partial charge in [-0.3, -0.25) is 9.11 Å². The van der Waals surface area contributed by atoms with E-state index < -0.39 is 10.8 Å². The first-order chi connectivity index (χ1) is 5.04. The molecule has 0 aromatic rings. The van der Waals surface area contributed by atoms with E-state index in [9.17, 15) is 9.11 Å². The van der Waals surface area contributed by atoms with Crippen molar-refractivity contribution in [3.8, 4) is 0 Å². The van der Waals surface area contributed by atoms with Gasteiger partial charge in [-0.2, -0.15) is 0 Å². The standard InChI is InChI=1S/C7H17NO2S/c1-7(2)8-5-3-4-6-11(8,9)10/h7,9-10H,3-6H2,1-2H3. The summed E-state index contributed by atoms with van der Waals surface area (Å²) >= 11 is 0. The van der Waals surface area contributed by atoms with Crippen LogP contribution in [-0.4, -0.2) is 31.8 Å². The molecule has 0 radical (unpaired) electrons. The van der Waals surface area contributed by atoms with Crippen LogP contribution < -0.4 is 0 Å². The molecule has 1 fully saturated rings. The Balaban J connectivity index is 2.60. The molecule has 0 aromatic heterocycles. The van der Waals surface area contributed by atoms with Gasteiger partial charge < -0.3 is 0 Å². The van der Waals surface area contributed by atoms with Crippen LogP contribution >= 0.6 is 10.8 Å². The predicted molar refractivity (Wildman–Crippen MR) is 48.8 cm³/mol. The van der Waals surface area contributed by atoms with E-state index in [0.717, 1.165) is 19.4 Å². The van der Waals surface area contributed by atoms with E-state index in [1.807, 2.05) is 18.2 Å². The van der Waals surface area contributed by atoms with Crippen molar-refractivity contribution in [1.29, 1.82) is 0 Å². The lowest BCUT2D eigenvalue weighted by Gasteiger charge is -2.48. The van der Waals surface area contributed by atoms with Crippen LogP contribution in [0.15, 0.2) is 0 Å². The van der Waals surface area contributed by atoms with Gasteiger partial charge in [0.15, 0.2) is 0 Å². The van der Waals surface area contributed by atoms with Gasteiger partial charge in [0.25, 0.3) is 0 Å². The fourth-order valence-corrected chi connectivity index (χ4v) is 3.35. The second-order valence-electron chi connectivity index (χ2n) is 3.28. The zero-order valence-corrected chi connectivity index (χ0v) is 7.97. The van der Waals surface area contributed by atoms with Gasteiger partial charge in [0.1, 0.15) is 0 Å². The SMILES string of the molecule is CC(C)N1CCCCS1(O)O. The Hall–Kier alpha value is 0.230. The molecular weight excluding hydrogens is 162 g/mol. The Kier molecular flexibility index (Phi) is 2.80. The van der Waals surface area contributed by atoms with Crippen LogP contribution in [0.3, 0.4) is 0 Å². The first kappa shape index (κ1) is 9.32. The van der Waals surface area contributed by atoms with Crippen LogP contribution in [0.1, 0.15) is 26.7 Å². The molecule has 11 heavy (non-hydrogen) atoms. The maximum Gasteiger partial charge on any atom is 0.0531 e. The van der Waals surface area contributed by atoms with Crippen molar-refractivity contribution in [2.45, 2.75) is 32.7 Å². The summed E-state index contributed by atoms with van der Waals surface area (Å²) in [7, 11) is -2.39. The monoisotopic (exact) mass is 179 g/mol. The van der Waals surface area contributed by atoms with Crippen LogP contribution in [-0.2, 0) is 0 Å². The van der Waals surface area contributed by atoms with Crippen LogP contribution in [0.2, 0.25) is 0 Å². The summed E-state index contributed by atoms with van der Waals surface area (Å²) in [4.78, 5) is 0. The fraction of sp³-hybridized carbons (Fsp3) is 1.00. The molecule has 1 rings (SSSR count). The summed E-state index contributed by atoms with van der Waals surface area (Å²) in [5.74, 6) is 0.561. The summed E-state index contributed by atoms with van der Waals surface area (Å²) < 4.78 is 21.0. The Labute approximate surface area is 69.9 Å². The average molecular weight is 179 g/mol. The largest absolute Gasteiger partial charge is 0.285 e. The zero-order chi connectivity index (χ0) is 8.48. The smallest absolute Gasteiger partial charge is 0.0531 e. The summed E-state index contributed by atoms with van der Waals surface area (Å²) in [6.07, 6.45) is 2.04. The third-order valence-electron chi connectivity index (χ3n) is 2.00. The van der Waals surface area contributed by atoms with E-state index >= 15 is 0 Å². The van der Waals surface area contributed by atoms with Gasteiger partial charge in [0.05, 0.1) is 5.75 Å². The van der Waals surface area contributed by atoms with Gasteiger partial charge >= 0.3 is 0 Å². The van der Waals surface area contributed by atoms with Gasteiger partial charge in [0, 0.05) is 12.6 Å². The summed E-state index contributed by atoms with van der Waals surface area (Å²) in [6, 6.07) is 0.250. The maximum atomic E-state index is 9.57. The first-order valence-electron chi connectivity index (χ1n) is 4.07. The van der Waals surface area contributed by atoms with Crippen molar-refractivity contribution < 1.29 is 9.11 Å². The lowest BCUT2D eigenvalue weighted by Crippen LogP contribution is -2.39. The number of nitrogens with zero attached hydrogens (tertiary/aromatic N) is 1. The molecular formula is C7H17NO2S. The molecule has 0 bridgehead atoms. The molecule has 3 nitrogen and oxygen atoms in total. The predicted octanol–water partition coefficient (Wildman–Crippen LogP) is 2.16. The van der Waals surface area contributed by atoms with Gasteiger partial charge in [-0.1, -0.05) is 0 Å². The van der Waals surface area contributed by atoms with Gasteiger partial charge in [-0.25, -0.2) is 4.31 Å². The number of hydrogen-bond donors (Lipinski definition) is 2. The highest BCUT2D eigenvalue weighted by Gasteiger charge is 2.27. The fourth-order valence-electron chi connectivity index (χ4n) is 1.42. The van der Waals surface area contributed by atoms with Crippen molar-refractivity contribution in [3.63, 3.8) is 0 Å². The normalized spacial score (nSPS) is 28.8. The lowest BCUT2D eigenvalue weighted by molar-refractivity contribution is 0.285. The van der Waals surface area contributed by atoms with E-state index in [2.05, 4.69) is 0 Å². The van der Waals surface area contributed by atoms with Crippen LogP contribution in [0.4, 0.5) is 0 Å². The molecule has 0 atom stereocenters.